The van der Waals surface area contributed by atoms with Crippen LogP contribution in [0.3, 0.4) is 0 Å². The maximum atomic E-state index is 11.8. The Hall–Kier alpha value is -0.130. The van der Waals surface area contributed by atoms with Gasteiger partial charge in [0, 0.05) is 53.0 Å². The molecule has 7 nitrogen and oxygen atoms in total. The van der Waals surface area contributed by atoms with Crippen molar-refractivity contribution < 1.29 is 13.2 Å². The van der Waals surface area contributed by atoms with Gasteiger partial charge in [-0.3, -0.25) is 4.99 Å². The molecule has 0 amide bonds. The summed E-state index contributed by atoms with van der Waals surface area (Å²) in [5, 5.41) is 3.35. The lowest BCUT2D eigenvalue weighted by Gasteiger charge is -2.28. The SMILES string of the molecule is CN=C(NC[C@H]1CCCN1S(C)(=O)=O)N(C)CCC1CCOCC1.I. The molecule has 148 valence electrons. The minimum atomic E-state index is -3.12. The molecule has 2 aliphatic rings. The average Bonchev–Trinajstić information content (AvgIpc) is 3.03. The van der Waals surface area contributed by atoms with Gasteiger partial charge in [0.2, 0.25) is 10.0 Å². The minimum Gasteiger partial charge on any atom is -0.381 e. The highest BCUT2D eigenvalue weighted by molar-refractivity contribution is 14.0. The van der Waals surface area contributed by atoms with Gasteiger partial charge < -0.3 is 15.0 Å². The lowest BCUT2D eigenvalue weighted by molar-refractivity contribution is 0.0625. The summed E-state index contributed by atoms with van der Waals surface area (Å²) in [6, 6.07) is 0.0284. The van der Waals surface area contributed by atoms with Crippen molar-refractivity contribution in [3.8, 4) is 0 Å². The van der Waals surface area contributed by atoms with Crippen LogP contribution in [-0.4, -0.2) is 82.8 Å². The van der Waals surface area contributed by atoms with Gasteiger partial charge in [0.25, 0.3) is 0 Å². The van der Waals surface area contributed by atoms with E-state index in [2.05, 4.69) is 15.2 Å². The van der Waals surface area contributed by atoms with Crippen LogP contribution in [0.5, 0.6) is 0 Å². The molecule has 0 bridgehead atoms. The Labute approximate surface area is 169 Å². The van der Waals surface area contributed by atoms with Crippen molar-refractivity contribution in [2.24, 2.45) is 10.9 Å². The molecule has 0 aromatic rings. The molecule has 2 rings (SSSR count). The molecular weight excluding hydrogens is 455 g/mol. The fraction of sp³-hybridized carbons (Fsp3) is 0.938. The maximum absolute atomic E-state index is 11.8. The van der Waals surface area contributed by atoms with E-state index in [1.54, 1.807) is 11.4 Å². The van der Waals surface area contributed by atoms with Gasteiger partial charge >= 0.3 is 0 Å². The fourth-order valence-corrected chi connectivity index (χ4v) is 4.74. The molecule has 0 saturated carbocycles. The lowest BCUT2D eigenvalue weighted by Crippen LogP contribution is -2.47. The highest BCUT2D eigenvalue weighted by Crippen LogP contribution is 2.20. The van der Waals surface area contributed by atoms with E-state index in [0.29, 0.717) is 13.1 Å². The van der Waals surface area contributed by atoms with E-state index in [-0.39, 0.29) is 30.0 Å². The third kappa shape index (κ3) is 7.18. The molecular formula is C16H33IN4O3S. The number of nitrogens with one attached hydrogen (secondary N) is 1. The van der Waals surface area contributed by atoms with E-state index in [9.17, 15) is 8.42 Å². The Bertz CT molecular complexity index is 523. The van der Waals surface area contributed by atoms with E-state index in [0.717, 1.165) is 63.7 Å². The molecule has 0 aromatic carbocycles. The first kappa shape index (κ1) is 22.9. The summed E-state index contributed by atoms with van der Waals surface area (Å²) in [7, 11) is 0.690. The van der Waals surface area contributed by atoms with Crippen LogP contribution in [0.25, 0.3) is 0 Å². The molecule has 2 fully saturated rings. The molecule has 0 aromatic heterocycles. The highest BCUT2D eigenvalue weighted by atomic mass is 127. The van der Waals surface area contributed by atoms with Crippen molar-refractivity contribution in [1.82, 2.24) is 14.5 Å². The van der Waals surface area contributed by atoms with Gasteiger partial charge in [-0.25, -0.2) is 8.42 Å². The smallest absolute Gasteiger partial charge is 0.211 e. The molecule has 0 unspecified atom stereocenters. The predicted molar refractivity (Wildman–Crippen MR) is 112 cm³/mol. The van der Waals surface area contributed by atoms with Crippen LogP contribution in [0.1, 0.15) is 32.1 Å². The first-order valence-electron chi connectivity index (χ1n) is 8.88. The van der Waals surface area contributed by atoms with Crippen molar-refractivity contribution in [1.29, 1.82) is 0 Å². The van der Waals surface area contributed by atoms with Crippen molar-refractivity contribution in [3.63, 3.8) is 0 Å². The summed E-state index contributed by atoms with van der Waals surface area (Å²) in [6.07, 6.45) is 6.55. The van der Waals surface area contributed by atoms with E-state index in [1.165, 1.54) is 6.26 Å². The molecule has 25 heavy (non-hydrogen) atoms. The van der Waals surface area contributed by atoms with Gasteiger partial charge in [-0.1, -0.05) is 0 Å². The lowest BCUT2D eigenvalue weighted by atomic mass is 9.96. The number of guanidine groups is 1. The average molecular weight is 488 g/mol. The Morgan fingerprint density at radius 2 is 2.00 bits per heavy atom. The topological polar surface area (TPSA) is 74.2 Å². The van der Waals surface area contributed by atoms with Crippen molar-refractivity contribution in [2.75, 3.05) is 53.2 Å². The second-order valence-electron chi connectivity index (χ2n) is 6.86. The molecule has 0 radical (unpaired) electrons. The molecule has 2 saturated heterocycles. The van der Waals surface area contributed by atoms with Gasteiger partial charge in [0.1, 0.15) is 0 Å². The number of halogens is 1. The molecule has 1 atom stereocenters. The monoisotopic (exact) mass is 488 g/mol. The Morgan fingerprint density at radius 3 is 2.60 bits per heavy atom. The van der Waals surface area contributed by atoms with Crippen LogP contribution in [0.15, 0.2) is 4.99 Å². The van der Waals surface area contributed by atoms with Crippen LogP contribution < -0.4 is 5.32 Å². The van der Waals surface area contributed by atoms with Crippen molar-refractivity contribution >= 4 is 40.0 Å². The zero-order valence-electron chi connectivity index (χ0n) is 15.6. The third-order valence-corrected chi connectivity index (χ3v) is 6.36. The first-order valence-corrected chi connectivity index (χ1v) is 10.7. The van der Waals surface area contributed by atoms with Gasteiger partial charge in [0.05, 0.1) is 6.26 Å². The van der Waals surface area contributed by atoms with E-state index < -0.39 is 10.0 Å². The summed E-state index contributed by atoms with van der Waals surface area (Å²) < 4.78 is 30.6. The third-order valence-electron chi connectivity index (χ3n) is 5.03. The predicted octanol–water partition coefficient (Wildman–Crippen LogP) is 1.35. The van der Waals surface area contributed by atoms with E-state index >= 15 is 0 Å². The van der Waals surface area contributed by atoms with Crippen LogP contribution in [0, 0.1) is 5.92 Å². The standard InChI is InChI=1S/C16H32N4O3S.HI/c1-17-16(19(2)10-6-14-7-11-23-12-8-14)18-13-15-5-4-9-20(15)24(3,21)22;/h14-15H,4-13H2,1-3H3,(H,17,18);1H/t15-;/m1./s1. The second-order valence-corrected chi connectivity index (χ2v) is 8.80. The number of ether oxygens (including phenoxy) is 1. The molecule has 1 N–H and O–H groups in total. The Kier molecular flexibility index (Phi) is 9.97. The second kappa shape index (κ2) is 10.9. The molecule has 0 aliphatic carbocycles. The van der Waals surface area contributed by atoms with Crippen LogP contribution >= 0.6 is 24.0 Å². The largest absolute Gasteiger partial charge is 0.381 e. The number of rotatable bonds is 6. The quantitative estimate of drug-likeness (QED) is 0.347. The summed E-state index contributed by atoms with van der Waals surface area (Å²) >= 11 is 0. The number of nitrogens with zero attached hydrogens (tertiary/aromatic N) is 3. The first-order chi connectivity index (χ1) is 11.4. The van der Waals surface area contributed by atoms with Crippen LogP contribution in [-0.2, 0) is 14.8 Å². The number of hydrogen-bond donors (Lipinski definition) is 1. The van der Waals surface area contributed by atoms with Crippen LogP contribution in [0.4, 0.5) is 0 Å². The Morgan fingerprint density at radius 1 is 1.32 bits per heavy atom. The normalized spacial score (nSPS) is 23.3. The van der Waals surface area contributed by atoms with Gasteiger partial charge in [-0.05, 0) is 38.0 Å². The fourth-order valence-electron chi connectivity index (χ4n) is 3.56. The highest BCUT2D eigenvalue weighted by Gasteiger charge is 2.31. The molecule has 9 heteroatoms. The molecule has 0 spiro atoms. The number of hydrogen-bond acceptors (Lipinski definition) is 4. The summed E-state index contributed by atoms with van der Waals surface area (Å²) in [5.74, 6) is 1.57. The Balaban J connectivity index is 0.00000312. The van der Waals surface area contributed by atoms with Gasteiger partial charge in [-0.2, -0.15) is 4.31 Å². The zero-order chi connectivity index (χ0) is 17.6. The van der Waals surface area contributed by atoms with Gasteiger partial charge in [0.15, 0.2) is 5.96 Å². The summed E-state index contributed by atoms with van der Waals surface area (Å²) in [6.45, 7) is 3.95. The minimum absolute atomic E-state index is 0. The molecule has 2 heterocycles. The zero-order valence-corrected chi connectivity index (χ0v) is 18.8. The maximum Gasteiger partial charge on any atom is 0.211 e. The summed E-state index contributed by atoms with van der Waals surface area (Å²) in [4.78, 5) is 6.47. The molecule has 2 aliphatic heterocycles. The van der Waals surface area contributed by atoms with E-state index in [1.807, 2.05) is 7.05 Å². The number of aliphatic imine (C=N–C) groups is 1. The van der Waals surface area contributed by atoms with Crippen molar-refractivity contribution in [2.45, 2.75) is 38.1 Å². The summed E-state index contributed by atoms with van der Waals surface area (Å²) in [5.41, 5.74) is 0. The number of sulfonamides is 1. The van der Waals surface area contributed by atoms with Crippen molar-refractivity contribution in [3.05, 3.63) is 0 Å². The van der Waals surface area contributed by atoms with E-state index in [4.69, 9.17) is 4.74 Å². The van der Waals surface area contributed by atoms with Crippen LogP contribution in [0.2, 0.25) is 0 Å². The van der Waals surface area contributed by atoms with Gasteiger partial charge in [-0.15, -0.1) is 24.0 Å².